The van der Waals surface area contributed by atoms with Gasteiger partial charge in [-0.1, -0.05) is 20.4 Å². The summed E-state index contributed by atoms with van der Waals surface area (Å²) in [5.74, 6) is -2.53. The van der Waals surface area contributed by atoms with E-state index < -0.39 is 29.3 Å². The van der Waals surface area contributed by atoms with Crippen LogP contribution < -0.4 is 16.3 Å². The van der Waals surface area contributed by atoms with Crippen molar-refractivity contribution < 1.29 is 23.5 Å². The maximum atomic E-state index is 16.4. The molecule has 1 aliphatic rings. The first-order valence-corrected chi connectivity index (χ1v) is 17.3. The van der Waals surface area contributed by atoms with E-state index in [1.54, 1.807) is 21.9 Å². The molecule has 1 amide bonds. The number of rotatable bonds is 11. The Kier molecular flexibility index (Phi) is 10.2. The smallest absolute Gasteiger partial charge is 0.348 e. The number of piperazine rings is 1. The second-order valence-corrected chi connectivity index (χ2v) is 13.8. The van der Waals surface area contributed by atoms with Gasteiger partial charge in [-0.15, -0.1) is 0 Å². The number of hydrogen-bond acceptors (Lipinski definition) is 8. The summed E-state index contributed by atoms with van der Waals surface area (Å²) < 4.78 is 34.3. The number of carboxylic acid groups (broad SMARTS) is 1. The highest BCUT2D eigenvalue weighted by Crippen LogP contribution is 2.37. The zero-order chi connectivity index (χ0) is 37.4. The third-order valence-electron chi connectivity index (χ3n) is 9.73. The van der Waals surface area contributed by atoms with Gasteiger partial charge in [-0.3, -0.25) is 19.6 Å². The van der Waals surface area contributed by atoms with Crippen molar-refractivity contribution >= 4 is 39.6 Å². The summed E-state index contributed by atoms with van der Waals surface area (Å²) in [6, 6.07) is 6.17. The molecule has 1 aromatic carbocycles. The molecule has 5 heterocycles. The van der Waals surface area contributed by atoms with E-state index in [9.17, 15) is 19.5 Å². The van der Waals surface area contributed by atoms with Crippen LogP contribution in [0, 0.1) is 11.6 Å². The number of hydrogen-bond donors (Lipinski definition) is 3. The van der Waals surface area contributed by atoms with E-state index in [0.717, 1.165) is 11.3 Å². The predicted molar refractivity (Wildman–Crippen MR) is 195 cm³/mol. The number of aliphatic carboxylic acids is 1. The van der Waals surface area contributed by atoms with E-state index in [1.807, 2.05) is 24.8 Å². The Morgan fingerprint density at radius 1 is 1.10 bits per heavy atom. The Bertz CT molecular complexity index is 2250. The maximum Gasteiger partial charge on any atom is 0.348 e. The van der Waals surface area contributed by atoms with Crippen LogP contribution in [-0.4, -0.2) is 77.6 Å². The summed E-state index contributed by atoms with van der Waals surface area (Å²) in [6.07, 6.45) is 6.05. The van der Waals surface area contributed by atoms with Gasteiger partial charge in [0.25, 0.3) is 0 Å². The van der Waals surface area contributed by atoms with E-state index >= 15 is 8.78 Å². The summed E-state index contributed by atoms with van der Waals surface area (Å²) in [5, 5.41) is 10.3. The number of aromatic nitrogens is 5. The van der Waals surface area contributed by atoms with Gasteiger partial charge in [0.1, 0.15) is 29.0 Å². The lowest BCUT2D eigenvalue weighted by atomic mass is 10.0. The quantitative estimate of drug-likeness (QED) is 0.161. The van der Waals surface area contributed by atoms with Gasteiger partial charge in [-0.25, -0.2) is 18.6 Å². The molecule has 0 aliphatic carbocycles. The Hall–Kier alpha value is -5.50. The number of nitrogens with one attached hydrogen (secondary N) is 1. The van der Waals surface area contributed by atoms with Crippen molar-refractivity contribution in [1.82, 2.24) is 29.4 Å². The number of pyridine rings is 2. The maximum absolute atomic E-state index is 16.4. The van der Waals surface area contributed by atoms with Crippen LogP contribution in [-0.2, 0) is 29.0 Å². The van der Waals surface area contributed by atoms with Crippen molar-refractivity contribution in [3.8, 4) is 11.3 Å². The van der Waals surface area contributed by atoms with Gasteiger partial charge in [0.15, 0.2) is 5.82 Å². The number of carbonyl (C=O) groups excluding carboxylic acids is 1. The molecule has 4 N–H and O–H groups in total. The Morgan fingerprint density at radius 2 is 1.87 bits per heavy atom. The highest BCUT2D eigenvalue weighted by atomic mass is 19.1. The van der Waals surface area contributed by atoms with Crippen molar-refractivity contribution in [3.05, 3.63) is 94.3 Å². The molecule has 4 aromatic heterocycles. The molecule has 0 radical (unpaired) electrons. The molecule has 0 saturated carbocycles. The van der Waals surface area contributed by atoms with E-state index in [0.29, 0.717) is 48.9 Å². The van der Waals surface area contributed by atoms with Crippen LogP contribution in [0.2, 0.25) is 0 Å². The minimum Gasteiger partial charge on any atom is -0.480 e. The second kappa shape index (κ2) is 14.6. The van der Waals surface area contributed by atoms with Crippen LogP contribution in [0.15, 0.2) is 60.2 Å². The molecule has 5 aromatic rings. The minimum absolute atomic E-state index is 0.0112. The van der Waals surface area contributed by atoms with Gasteiger partial charge >= 0.3 is 11.7 Å². The molecule has 1 fully saturated rings. The molecule has 3 atom stereocenters. The summed E-state index contributed by atoms with van der Waals surface area (Å²) >= 11 is 0. The van der Waals surface area contributed by atoms with Gasteiger partial charge in [-0.05, 0) is 80.1 Å². The number of fused-ring (bicyclic) bond motifs is 2. The normalized spacial score (nSPS) is 16.9. The molecule has 6 rings (SSSR count). The third kappa shape index (κ3) is 7.02. The van der Waals surface area contributed by atoms with E-state index in [1.165, 1.54) is 24.3 Å². The highest BCUT2D eigenvalue weighted by Gasteiger charge is 2.33. The Morgan fingerprint density at radius 3 is 2.58 bits per heavy atom. The molecule has 1 saturated heterocycles. The number of carbonyl (C=O) groups is 2. The first-order chi connectivity index (χ1) is 24.8. The Labute approximate surface area is 299 Å². The fourth-order valence-electron chi connectivity index (χ4n) is 7.03. The number of H-pyrrole nitrogens is 1. The van der Waals surface area contributed by atoms with Crippen LogP contribution in [0.4, 0.5) is 14.6 Å². The summed E-state index contributed by atoms with van der Waals surface area (Å²) in [4.78, 5) is 56.3. The van der Waals surface area contributed by atoms with E-state index in [4.69, 9.17) is 5.73 Å². The first-order valence-electron chi connectivity index (χ1n) is 17.3. The SMILES string of the molecule is C=CC(=O)N1C[C@H](C)N(c2nc(=O)[nH]c3nc(-c4c(F)ccc5c(CC(N)C(=O)O)cn(CCCc6ccnc(C(C)C)c6)c45)c(F)cc23)C[C@H]1C. The van der Waals surface area contributed by atoms with Gasteiger partial charge in [0, 0.05) is 61.6 Å². The average molecular weight is 713 g/mol. The first kappa shape index (κ1) is 36.3. The standard InChI is InChI=1S/C38H42F2N8O4/c1-6-31(49)47-17-22(5)48(18-21(47)4)36-26-16-28(40)33(43-35(26)44-38(52)45-36)32-27(39)10-9-25-24(15-29(41)37(50)51)19-46(34(25)32)13-7-8-23-11-12-42-30(14-23)20(2)3/h6,9-12,14,16,19-22,29H,1,7-8,13,15,17-18,41H2,2-5H3,(H,50,51)(H,43,44,45,52)/t21-,22+,29?/m1/s1. The van der Waals surface area contributed by atoms with Gasteiger partial charge < -0.3 is 25.2 Å². The summed E-state index contributed by atoms with van der Waals surface area (Å²) in [7, 11) is 0. The monoisotopic (exact) mass is 712 g/mol. The van der Waals surface area contributed by atoms with Crippen LogP contribution >= 0.6 is 0 Å². The number of aromatic amines is 1. The number of aryl methyl sites for hydroxylation is 2. The predicted octanol–water partition coefficient (Wildman–Crippen LogP) is 4.94. The lowest BCUT2D eigenvalue weighted by Gasteiger charge is -2.44. The molecule has 14 heteroatoms. The molecule has 0 spiro atoms. The molecule has 1 unspecified atom stereocenters. The molecule has 52 heavy (non-hydrogen) atoms. The van der Waals surface area contributed by atoms with Gasteiger partial charge in [0.05, 0.1) is 16.5 Å². The summed E-state index contributed by atoms with van der Waals surface area (Å²) in [5.41, 5.74) is 7.73. The third-order valence-corrected chi connectivity index (χ3v) is 9.73. The number of nitrogens with two attached hydrogens (primary N) is 1. The number of halogens is 2. The minimum atomic E-state index is -1.22. The van der Waals surface area contributed by atoms with Crippen molar-refractivity contribution in [2.45, 2.75) is 77.5 Å². The molecule has 1 aliphatic heterocycles. The number of nitrogens with zero attached hydrogens (tertiary/aromatic N) is 6. The average Bonchev–Trinajstić information content (AvgIpc) is 3.45. The lowest BCUT2D eigenvalue weighted by Crippen LogP contribution is -2.58. The van der Waals surface area contributed by atoms with Crippen LogP contribution in [0.1, 0.15) is 56.9 Å². The molecular formula is C38H42F2N8O4. The number of amides is 1. The fraction of sp³-hybridized carbons (Fsp3) is 0.368. The Balaban J connectivity index is 1.44. The van der Waals surface area contributed by atoms with Crippen molar-refractivity contribution in [3.63, 3.8) is 0 Å². The van der Waals surface area contributed by atoms with E-state index in [-0.39, 0.29) is 58.4 Å². The van der Waals surface area contributed by atoms with Gasteiger partial charge in [-0.2, -0.15) is 4.98 Å². The van der Waals surface area contributed by atoms with Crippen molar-refractivity contribution in [2.75, 3.05) is 18.0 Å². The second-order valence-electron chi connectivity index (χ2n) is 13.8. The number of anilines is 1. The van der Waals surface area contributed by atoms with Crippen LogP contribution in [0.3, 0.4) is 0 Å². The van der Waals surface area contributed by atoms with Gasteiger partial charge in [0.2, 0.25) is 5.91 Å². The number of benzene rings is 1. The molecule has 0 bridgehead atoms. The topological polar surface area (TPSA) is 163 Å². The molecular weight excluding hydrogens is 670 g/mol. The lowest BCUT2D eigenvalue weighted by molar-refractivity contribution is -0.138. The van der Waals surface area contributed by atoms with E-state index in [2.05, 4.69) is 46.4 Å². The number of carboxylic acids is 1. The van der Waals surface area contributed by atoms with Crippen LogP contribution in [0.25, 0.3) is 33.2 Å². The molecule has 272 valence electrons. The fourth-order valence-corrected chi connectivity index (χ4v) is 7.03. The zero-order valence-corrected chi connectivity index (χ0v) is 29.6. The van der Waals surface area contributed by atoms with Crippen molar-refractivity contribution in [1.29, 1.82) is 0 Å². The largest absolute Gasteiger partial charge is 0.480 e. The molecule has 12 nitrogen and oxygen atoms in total. The summed E-state index contributed by atoms with van der Waals surface area (Å²) in [6.45, 7) is 12.5. The highest BCUT2D eigenvalue weighted by molar-refractivity contribution is 5.98. The zero-order valence-electron chi connectivity index (χ0n) is 29.6. The van der Waals surface area contributed by atoms with Crippen molar-refractivity contribution in [2.24, 2.45) is 5.73 Å². The van der Waals surface area contributed by atoms with Crippen LogP contribution in [0.5, 0.6) is 0 Å².